The molecule has 2 aliphatic rings. The van der Waals surface area contributed by atoms with Gasteiger partial charge >= 0.3 is 0 Å². The van der Waals surface area contributed by atoms with Crippen LogP contribution in [0, 0.1) is 5.82 Å². The SMILES string of the molecule is CC1CCCCN1C(=O)CN1CCN(Cc2ccc(F)cc2Br)CC1. The second kappa shape index (κ2) is 8.60. The van der Waals surface area contributed by atoms with Crippen LogP contribution in [0.2, 0.25) is 0 Å². The molecular formula is C19H27BrFN3O. The second-order valence-electron chi connectivity index (χ2n) is 7.22. The molecule has 0 saturated carbocycles. The predicted molar refractivity (Wildman–Crippen MR) is 101 cm³/mol. The maximum Gasteiger partial charge on any atom is 0.236 e. The molecule has 2 heterocycles. The highest BCUT2D eigenvalue weighted by atomic mass is 79.9. The third-order valence-corrected chi connectivity index (χ3v) is 6.09. The molecule has 1 aromatic rings. The highest BCUT2D eigenvalue weighted by Crippen LogP contribution is 2.21. The Labute approximate surface area is 158 Å². The van der Waals surface area contributed by atoms with E-state index >= 15 is 0 Å². The molecule has 0 aromatic heterocycles. The summed E-state index contributed by atoms with van der Waals surface area (Å²) in [5.74, 6) is 0.0628. The van der Waals surface area contributed by atoms with Crippen molar-refractivity contribution in [1.82, 2.24) is 14.7 Å². The molecule has 4 nitrogen and oxygen atoms in total. The van der Waals surface area contributed by atoms with Crippen molar-refractivity contribution >= 4 is 21.8 Å². The van der Waals surface area contributed by atoms with Crippen molar-refractivity contribution in [1.29, 1.82) is 0 Å². The van der Waals surface area contributed by atoms with Crippen molar-refractivity contribution in [3.8, 4) is 0 Å². The molecule has 1 aromatic carbocycles. The summed E-state index contributed by atoms with van der Waals surface area (Å²) >= 11 is 3.44. The van der Waals surface area contributed by atoms with E-state index in [1.807, 2.05) is 6.07 Å². The van der Waals surface area contributed by atoms with Gasteiger partial charge in [0, 0.05) is 49.8 Å². The molecule has 0 N–H and O–H groups in total. The molecule has 0 aliphatic carbocycles. The number of hydrogen-bond acceptors (Lipinski definition) is 3. The summed E-state index contributed by atoms with van der Waals surface area (Å²) in [6.45, 7) is 8.12. The lowest BCUT2D eigenvalue weighted by Gasteiger charge is -2.38. The van der Waals surface area contributed by atoms with Gasteiger partial charge in [-0.1, -0.05) is 22.0 Å². The van der Waals surface area contributed by atoms with Crippen molar-refractivity contribution < 1.29 is 9.18 Å². The first kappa shape index (κ1) is 18.8. The molecule has 1 unspecified atom stereocenters. The summed E-state index contributed by atoms with van der Waals surface area (Å²) in [6, 6.07) is 5.25. The molecule has 0 spiro atoms. The minimum absolute atomic E-state index is 0.217. The Hall–Kier alpha value is -0.980. The first-order chi connectivity index (χ1) is 12.0. The van der Waals surface area contributed by atoms with E-state index in [1.54, 1.807) is 0 Å². The second-order valence-corrected chi connectivity index (χ2v) is 8.07. The van der Waals surface area contributed by atoms with Gasteiger partial charge in [0.05, 0.1) is 6.54 Å². The summed E-state index contributed by atoms with van der Waals surface area (Å²) in [4.78, 5) is 19.2. The zero-order valence-corrected chi connectivity index (χ0v) is 16.5. The zero-order valence-electron chi connectivity index (χ0n) is 14.9. The predicted octanol–water partition coefficient (Wildman–Crippen LogP) is 3.11. The van der Waals surface area contributed by atoms with Crippen LogP contribution in [0.5, 0.6) is 0 Å². The number of hydrogen-bond donors (Lipinski definition) is 0. The molecule has 1 atom stereocenters. The van der Waals surface area contributed by atoms with Gasteiger partial charge in [-0.25, -0.2) is 4.39 Å². The average molecular weight is 412 g/mol. The molecular weight excluding hydrogens is 385 g/mol. The fourth-order valence-electron chi connectivity index (χ4n) is 3.75. The number of rotatable bonds is 4. The largest absolute Gasteiger partial charge is 0.339 e. The van der Waals surface area contributed by atoms with Crippen molar-refractivity contribution in [3.05, 3.63) is 34.1 Å². The van der Waals surface area contributed by atoms with Gasteiger partial charge in [-0.05, 0) is 43.9 Å². The van der Waals surface area contributed by atoms with Gasteiger partial charge in [-0.15, -0.1) is 0 Å². The van der Waals surface area contributed by atoms with Crippen LogP contribution < -0.4 is 0 Å². The van der Waals surface area contributed by atoms with Gasteiger partial charge < -0.3 is 4.90 Å². The standard InChI is InChI=1S/C19H27BrFN3O/c1-15-4-2-3-7-24(15)19(25)14-23-10-8-22(9-11-23)13-16-5-6-17(21)12-18(16)20/h5-6,12,15H,2-4,7-11,13-14H2,1H3. The normalized spacial score (nSPS) is 23.0. The lowest BCUT2D eigenvalue weighted by molar-refractivity contribution is -0.136. The molecule has 6 heteroatoms. The number of carbonyl (C=O) groups is 1. The van der Waals surface area contributed by atoms with Crippen LogP contribution in [0.4, 0.5) is 4.39 Å². The molecule has 2 aliphatic heterocycles. The number of halogens is 2. The molecule has 1 amide bonds. The summed E-state index contributed by atoms with van der Waals surface area (Å²) < 4.78 is 14.0. The number of piperazine rings is 1. The van der Waals surface area contributed by atoms with Crippen LogP contribution >= 0.6 is 15.9 Å². The van der Waals surface area contributed by atoms with Crippen molar-refractivity contribution in [2.24, 2.45) is 0 Å². The van der Waals surface area contributed by atoms with Crippen molar-refractivity contribution in [2.45, 2.75) is 38.8 Å². The summed E-state index contributed by atoms with van der Waals surface area (Å²) in [6.07, 6.45) is 3.50. The van der Waals surface area contributed by atoms with Crippen molar-refractivity contribution in [2.75, 3.05) is 39.3 Å². The molecule has 2 saturated heterocycles. The first-order valence-electron chi connectivity index (χ1n) is 9.21. The molecule has 3 rings (SSSR count). The topological polar surface area (TPSA) is 26.8 Å². The monoisotopic (exact) mass is 411 g/mol. The van der Waals surface area contributed by atoms with E-state index in [-0.39, 0.29) is 11.7 Å². The maximum absolute atomic E-state index is 13.2. The Morgan fingerprint density at radius 2 is 1.88 bits per heavy atom. The van der Waals surface area contributed by atoms with Crippen LogP contribution in [-0.4, -0.2) is 65.9 Å². The number of amides is 1. The van der Waals surface area contributed by atoms with Gasteiger partial charge in [0.1, 0.15) is 5.82 Å². The number of likely N-dealkylation sites (tertiary alicyclic amines) is 1. The fourth-order valence-corrected chi connectivity index (χ4v) is 4.22. The fraction of sp³-hybridized carbons (Fsp3) is 0.632. The third-order valence-electron chi connectivity index (χ3n) is 5.36. The van der Waals surface area contributed by atoms with E-state index < -0.39 is 0 Å². The quantitative estimate of drug-likeness (QED) is 0.761. The van der Waals surface area contributed by atoms with Crippen LogP contribution in [0.15, 0.2) is 22.7 Å². The number of piperidine rings is 1. The summed E-state index contributed by atoms with van der Waals surface area (Å²) in [5, 5.41) is 0. The van der Waals surface area contributed by atoms with E-state index in [9.17, 15) is 9.18 Å². The minimum atomic E-state index is -0.217. The maximum atomic E-state index is 13.2. The van der Waals surface area contributed by atoms with Gasteiger partial charge in [0.25, 0.3) is 0 Å². The lowest BCUT2D eigenvalue weighted by Crippen LogP contribution is -2.51. The zero-order chi connectivity index (χ0) is 17.8. The van der Waals surface area contributed by atoms with Gasteiger partial charge in [0.2, 0.25) is 5.91 Å². The van der Waals surface area contributed by atoms with E-state index in [2.05, 4.69) is 37.6 Å². The van der Waals surface area contributed by atoms with E-state index in [0.29, 0.717) is 12.6 Å². The van der Waals surface area contributed by atoms with Gasteiger partial charge in [-0.3, -0.25) is 14.6 Å². The van der Waals surface area contributed by atoms with Crippen LogP contribution in [-0.2, 0) is 11.3 Å². The molecule has 0 bridgehead atoms. The van der Waals surface area contributed by atoms with E-state index in [0.717, 1.165) is 62.1 Å². The molecule has 2 fully saturated rings. The number of carbonyl (C=O) groups excluding carboxylic acids is 1. The highest BCUT2D eigenvalue weighted by Gasteiger charge is 2.26. The van der Waals surface area contributed by atoms with Gasteiger partial charge in [-0.2, -0.15) is 0 Å². The minimum Gasteiger partial charge on any atom is -0.339 e. The lowest BCUT2D eigenvalue weighted by atomic mass is 10.0. The summed E-state index contributed by atoms with van der Waals surface area (Å²) in [5.41, 5.74) is 1.10. The van der Waals surface area contributed by atoms with E-state index in [4.69, 9.17) is 0 Å². The van der Waals surface area contributed by atoms with Crippen LogP contribution in [0.1, 0.15) is 31.7 Å². The van der Waals surface area contributed by atoms with E-state index in [1.165, 1.54) is 18.6 Å². The first-order valence-corrected chi connectivity index (χ1v) is 10.0. The van der Waals surface area contributed by atoms with Crippen LogP contribution in [0.3, 0.4) is 0 Å². The van der Waals surface area contributed by atoms with Gasteiger partial charge in [0.15, 0.2) is 0 Å². The summed E-state index contributed by atoms with van der Waals surface area (Å²) in [7, 11) is 0. The highest BCUT2D eigenvalue weighted by molar-refractivity contribution is 9.10. The Kier molecular flexibility index (Phi) is 6.47. The van der Waals surface area contributed by atoms with Crippen LogP contribution in [0.25, 0.3) is 0 Å². The Bertz CT molecular complexity index is 604. The smallest absolute Gasteiger partial charge is 0.236 e. The molecule has 138 valence electrons. The van der Waals surface area contributed by atoms with Crippen molar-refractivity contribution in [3.63, 3.8) is 0 Å². The Balaban J connectivity index is 1.46. The molecule has 0 radical (unpaired) electrons. The molecule has 25 heavy (non-hydrogen) atoms. The Morgan fingerprint density at radius 3 is 2.56 bits per heavy atom. The number of benzene rings is 1. The number of nitrogens with zero attached hydrogens (tertiary/aromatic N) is 3. The third kappa shape index (κ3) is 5.02. The Morgan fingerprint density at radius 1 is 1.16 bits per heavy atom. The average Bonchev–Trinajstić information content (AvgIpc) is 2.59.